The number of sulfonamides is 1. The minimum absolute atomic E-state index is 0.130. The Balaban J connectivity index is 1.81. The molecule has 214 valence electrons. The summed E-state index contributed by atoms with van der Waals surface area (Å²) in [5, 5.41) is -1.18. The zero-order valence-corrected chi connectivity index (χ0v) is 23.6. The Bertz CT molecular complexity index is 1670. The van der Waals surface area contributed by atoms with Crippen LogP contribution in [0.4, 0.5) is 17.6 Å². The normalized spacial score (nSPS) is 18.2. The second-order valence-corrected chi connectivity index (χ2v) is 13.7. The second-order valence-electron chi connectivity index (χ2n) is 9.38. The van der Waals surface area contributed by atoms with Crippen LogP contribution in [0, 0.1) is 5.82 Å². The molecule has 0 aliphatic carbocycles. The monoisotopic (exact) mass is 617 g/mol. The molecule has 2 atom stereocenters. The maximum atomic E-state index is 14.4. The average molecular weight is 618 g/mol. The van der Waals surface area contributed by atoms with E-state index in [0.717, 1.165) is 24.5 Å². The van der Waals surface area contributed by atoms with Gasteiger partial charge in [0, 0.05) is 24.1 Å². The molecule has 1 aliphatic heterocycles. The molecule has 1 aliphatic rings. The van der Waals surface area contributed by atoms with Crippen molar-refractivity contribution < 1.29 is 39.1 Å². The van der Waals surface area contributed by atoms with Gasteiger partial charge in [-0.2, -0.15) is 13.2 Å². The molecular formula is C27H24ClF4NO5S2. The standard InChI is InChI=1S/C27H24ClF4NO5S2/c1-16(26-22(28)7-4-8-23(26)29)11-17-9-10-24-21(12-17)25(14-19(38-24)15-33-39(2,34)35)40(36,37)20-6-3-5-18(13-20)27(30,31)32/h3-13,19,25,33H,14-15H2,1-2H3. The van der Waals surface area contributed by atoms with E-state index in [1.165, 1.54) is 30.3 Å². The van der Waals surface area contributed by atoms with Crippen LogP contribution in [-0.4, -0.2) is 35.7 Å². The largest absolute Gasteiger partial charge is 0.489 e. The van der Waals surface area contributed by atoms with Gasteiger partial charge in [0.1, 0.15) is 17.7 Å². The minimum Gasteiger partial charge on any atom is -0.489 e. The SMILES string of the molecule is CC(=Cc1ccc2c(c1)C(S(=O)(=O)c1cccc(C(F)(F)F)c1)CC(CNS(C)(=O)=O)O2)c1c(F)cccc1Cl. The van der Waals surface area contributed by atoms with Gasteiger partial charge in [-0.3, -0.25) is 0 Å². The lowest BCUT2D eigenvalue weighted by Gasteiger charge is -2.32. The topological polar surface area (TPSA) is 89.5 Å². The quantitative estimate of drug-likeness (QED) is 0.249. The summed E-state index contributed by atoms with van der Waals surface area (Å²) in [5.74, 6) is -0.417. The van der Waals surface area contributed by atoms with Crippen LogP contribution in [0.1, 0.15) is 40.8 Å². The van der Waals surface area contributed by atoms with Gasteiger partial charge in [-0.15, -0.1) is 0 Å². The van der Waals surface area contributed by atoms with Gasteiger partial charge in [0.15, 0.2) is 9.84 Å². The average Bonchev–Trinajstić information content (AvgIpc) is 2.86. The van der Waals surface area contributed by atoms with Gasteiger partial charge in [0.25, 0.3) is 0 Å². The van der Waals surface area contributed by atoms with E-state index in [1.54, 1.807) is 19.1 Å². The maximum Gasteiger partial charge on any atom is 0.416 e. The molecule has 13 heteroatoms. The summed E-state index contributed by atoms with van der Waals surface area (Å²) in [7, 11) is -8.05. The van der Waals surface area contributed by atoms with E-state index in [1.807, 2.05) is 0 Å². The van der Waals surface area contributed by atoms with Crippen molar-refractivity contribution >= 4 is 43.1 Å². The summed E-state index contributed by atoms with van der Waals surface area (Å²) in [6, 6.07) is 12.3. The van der Waals surface area contributed by atoms with Gasteiger partial charge in [-0.1, -0.05) is 35.9 Å². The van der Waals surface area contributed by atoms with E-state index in [0.29, 0.717) is 17.2 Å². The molecule has 0 spiro atoms. The molecule has 6 nitrogen and oxygen atoms in total. The van der Waals surface area contributed by atoms with Crippen LogP contribution in [0.5, 0.6) is 5.75 Å². The lowest BCUT2D eigenvalue weighted by atomic mass is 9.97. The molecule has 3 aromatic carbocycles. The maximum absolute atomic E-state index is 14.4. The van der Waals surface area contributed by atoms with Crippen molar-refractivity contribution in [3.05, 3.63) is 93.8 Å². The van der Waals surface area contributed by atoms with E-state index in [-0.39, 0.29) is 34.9 Å². The first-order chi connectivity index (χ1) is 18.6. The molecule has 2 unspecified atom stereocenters. The molecule has 4 rings (SSSR count). The molecular weight excluding hydrogens is 594 g/mol. The van der Waals surface area contributed by atoms with Crippen LogP contribution in [0.2, 0.25) is 5.02 Å². The highest BCUT2D eigenvalue weighted by atomic mass is 35.5. The van der Waals surface area contributed by atoms with Crippen molar-refractivity contribution in [3.63, 3.8) is 0 Å². The Morgan fingerprint density at radius 3 is 2.42 bits per heavy atom. The number of hydrogen-bond acceptors (Lipinski definition) is 5. The molecule has 0 amide bonds. The van der Waals surface area contributed by atoms with Crippen LogP contribution >= 0.6 is 11.6 Å². The van der Waals surface area contributed by atoms with Crippen molar-refractivity contribution in [2.75, 3.05) is 12.8 Å². The Morgan fingerprint density at radius 2 is 1.77 bits per heavy atom. The van der Waals surface area contributed by atoms with E-state index >= 15 is 0 Å². The number of nitrogens with one attached hydrogen (secondary N) is 1. The van der Waals surface area contributed by atoms with Crippen molar-refractivity contribution in [2.45, 2.75) is 35.8 Å². The summed E-state index contributed by atoms with van der Waals surface area (Å²) in [4.78, 5) is -0.537. The number of fused-ring (bicyclic) bond motifs is 1. The zero-order valence-electron chi connectivity index (χ0n) is 21.2. The molecule has 0 aromatic heterocycles. The lowest BCUT2D eigenvalue weighted by molar-refractivity contribution is -0.137. The van der Waals surface area contributed by atoms with Crippen LogP contribution in [0.3, 0.4) is 0 Å². The highest BCUT2D eigenvalue weighted by Gasteiger charge is 2.39. The molecule has 0 fully saturated rings. The molecule has 0 saturated carbocycles. The Labute approximate surface area is 234 Å². The van der Waals surface area contributed by atoms with Gasteiger partial charge in [-0.25, -0.2) is 25.9 Å². The third kappa shape index (κ3) is 6.68. The van der Waals surface area contributed by atoms with Crippen LogP contribution in [0.25, 0.3) is 11.6 Å². The number of ether oxygens (including phenoxy) is 1. The molecule has 1 heterocycles. The molecule has 3 aromatic rings. The summed E-state index contributed by atoms with van der Waals surface area (Å²) in [6.07, 6.45) is -3.39. The highest BCUT2D eigenvalue weighted by molar-refractivity contribution is 7.91. The number of rotatable bonds is 7. The fraction of sp³-hybridized carbons (Fsp3) is 0.259. The predicted molar refractivity (Wildman–Crippen MR) is 145 cm³/mol. The number of sulfone groups is 1. The third-order valence-electron chi connectivity index (χ3n) is 6.33. The molecule has 0 bridgehead atoms. The molecule has 40 heavy (non-hydrogen) atoms. The minimum atomic E-state index is -4.76. The lowest BCUT2D eigenvalue weighted by Crippen LogP contribution is -2.39. The van der Waals surface area contributed by atoms with Crippen molar-refractivity contribution in [2.24, 2.45) is 0 Å². The van der Waals surface area contributed by atoms with E-state index in [9.17, 15) is 34.4 Å². The number of allylic oxidation sites excluding steroid dienone is 1. The molecule has 0 radical (unpaired) electrons. The Kier molecular flexibility index (Phi) is 8.38. The number of benzene rings is 3. The fourth-order valence-corrected chi connectivity index (χ4v) is 7.16. The summed E-state index contributed by atoms with van der Waals surface area (Å²) in [6.45, 7) is 1.38. The van der Waals surface area contributed by atoms with Gasteiger partial charge in [0.05, 0.1) is 27.0 Å². The first kappa shape index (κ1) is 30.0. The summed E-state index contributed by atoms with van der Waals surface area (Å²) in [5.41, 5.74) is 0.140. The first-order valence-corrected chi connectivity index (χ1v) is 15.7. The van der Waals surface area contributed by atoms with E-state index < -0.39 is 53.7 Å². The van der Waals surface area contributed by atoms with Gasteiger partial charge in [0.2, 0.25) is 10.0 Å². The van der Waals surface area contributed by atoms with Crippen molar-refractivity contribution in [1.82, 2.24) is 4.72 Å². The number of hydrogen-bond donors (Lipinski definition) is 1. The smallest absolute Gasteiger partial charge is 0.416 e. The Hall–Kier alpha value is -2.93. The van der Waals surface area contributed by atoms with Crippen LogP contribution in [0.15, 0.2) is 65.6 Å². The number of alkyl halides is 3. The van der Waals surface area contributed by atoms with Crippen LogP contribution < -0.4 is 9.46 Å². The third-order valence-corrected chi connectivity index (χ3v) is 9.44. The summed E-state index contributed by atoms with van der Waals surface area (Å²) < 4.78 is 113. The van der Waals surface area contributed by atoms with Crippen molar-refractivity contribution in [1.29, 1.82) is 0 Å². The highest BCUT2D eigenvalue weighted by Crippen LogP contribution is 2.44. The van der Waals surface area contributed by atoms with Gasteiger partial charge >= 0.3 is 6.18 Å². The molecule has 1 N–H and O–H groups in total. The van der Waals surface area contributed by atoms with Crippen molar-refractivity contribution in [3.8, 4) is 5.75 Å². The second kappa shape index (κ2) is 11.2. The predicted octanol–water partition coefficient (Wildman–Crippen LogP) is 6.27. The Morgan fingerprint density at radius 1 is 1.07 bits per heavy atom. The van der Waals surface area contributed by atoms with Crippen LogP contribution in [-0.2, 0) is 26.0 Å². The van der Waals surface area contributed by atoms with Gasteiger partial charge < -0.3 is 4.74 Å². The number of halogens is 5. The fourth-order valence-electron chi connectivity index (χ4n) is 4.48. The summed E-state index contributed by atoms with van der Waals surface area (Å²) >= 11 is 6.17. The van der Waals surface area contributed by atoms with E-state index in [2.05, 4.69) is 4.72 Å². The molecule has 0 saturated heterocycles. The van der Waals surface area contributed by atoms with Gasteiger partial charge in [-0.05, 0) is 60.5 Å². The first-order valence-electron chi connectivity index (χ1n) is 11.9. The zero-order chi connectivity index (χ0) is 29.5. The van der Waals surface area contributed by atoms with E-state index in [4.69, 9.17) is 16.3 Å².